The summed E-state index contributed by atoms with van der Waals surface area (Å²) in [5.74, 6) is 0.647. The van der Waals surface area contributed by atoms with Gasteiger partial charge in [-0.25, -0.2) is 4.98 Å². The standard InChI is InChI=1S/C14H23N3OS/c1-18-9-10-4-3-7-17(8-10)14-16-13-11(15)5-2-6-12(13)19-14/h10-11H,2-9,15H2,1H3. The summed E-state index contributed by atoms with van der Waals surface area (Å²) in [6.07, 6.45) is 5.97. The average molecular weight is 281 g/mol. The topological polar surface area (TPSA) is 51.4 Å². The summed E-state index contributed by atoms with van der Waals surface area (Å²) >= 11 is 1.86. The SMILES string of the molecule is COCC1CCCN(c2nc3c(s2)CCCC3N)C1. The number of nitrogens with two attached hydrogens (primary N) is 1. The van der Waals surface area contributed by atoms with E-state index < -0.39 is 0 Å². The molecule has 0 saturated carbocycles. The number of rotatable bonds is 3. The summed E-state index contributed by atoms with van der Waals surface area (Å²) < 4.78 is 5.30. The number of fused-ring (bicyclic) bond motifs is 1. The van der Waals surface area contributed by atoms with Gasteiger partial charge in [0.1, 0.15) is 0 Å². The van der Waals surface area contributed by atoms with Gasteiger partial charge >= 0.3 is 0 Å². The lowest BCUT2D eigenvalue weighted by atomic mass is 9.98. The van der Waals surface area contributed by atoms with Gasteiger partial charge in [0, 0.05) is 31.1 Å². The first kappa shape index (κ1) is 13.3. The van der Waals surface area contributed by atoms with Crippen LogP contribution in [0.4, 0.5) is 5.13 Å². The molecule has 1 aromatic heterocycles. The predicted octanol–water partition coefficient (Wildman–Crippen LogP) is 2.34. The van der Waals surface area contributed by atoms with Crippen LogP contribution in [-0.4, -0.2) is 31.8 Å². The van der Waals surface area contributed by atoms with Gasteiger partial charge in [0.05, 0.1) is 12.3 Å². The number of methoxy groups -OCH3 is 1. The van der Waals surface area contributed by atoms with E-state index in [1.165, 1.54) is 35.0 Å². The van der Waals surface area contributed by atoms with Crippen molar-refractivity contribution in [3.8, 4) is 0 Å². The molecule has 0 spiro atoms. The second-order valence-electron chi connectivity index (χ2n) is 5.71. The molecular formula is C14H23N3OS. The van der Waals surface area contributed by atoms with Crippen LogP contribution < -0.4 is 10.6 Å². The van der Waals surface area contributed by atoms with Crippen LogP contribution in [0.3, 0.4) is 0 Å². The van der Waals surface area contributed by atoms with Crippen molar-refractivity contribution in [3.05, 3.63) is 10.6 Å². The van der Waals surface area contributed by atoms with Crippen LogP contribution in [0.1, 0.15) is 42.3 Å². The Labute approximate surface area is 119 Å². The van der Waals surface area contributed by atoms with Crippen LogP contribution in [0.15, 0.2) is 0 Å². The first-order valence-electron chi connectivity index (χ1n) is 7.27. The van der Waals surface area contributed by atoms with Crippen molar-refractivity contribution in [2.24, 2.45) is 11.7 Å². The number of piperidine rings is 1. The summed E-state index contributed by atoms with van der Waals surface area (Å²) in [6.45, 7) is 3.07. The fraction of sp³-hybridized carbons (Fsp3) is 0.786. The van der Waals surface area contributed by atoms with Gasteiger partial charge in [0.2, 0.25) is 0 Å². The molecule has 2 aliphatic rings. The Morgan fingerprint density at radius 2 is 2.32 bits per heavy atom. The van der Waals surface area contributed by atoms with Crippen molar-refractivity contribution >= 4 is 16.5 Å². The molecule has 0 bridgehead atoms. The van der Waals surface area contributed by atoms with Gasteiger partial charge in [-0.15, -0.1) is 11.3 Å². The molecule has 0 aromatic carbocycles. The summed E-state index contributed by atoms with van der Waals surface area (Å²) in [6, 6.07) is 0.160. The van der Waals surface area contributed by atoms with Crippen molar-refractivity contribution in [2.45, 2.75) is 38.1 Å². The van der Waals surface area contributed by atoms with E-state index in [1.54, 1.807) is 7.11 Å². The third-order valence-electron chi connectivity index (χ3n) is 4.18. The van der Waals surface area contributed by atoms with Crippen molar-refractivity contribution in [3.63, 3.8) is 0 Å². The molecule has 2 N–H and O–H groups in total. The molecule has 3 rings (SSSR count). The first-order valence-corrected chi connectivity index (χ1v) is 8.08. The number of hydrogen-bond donors (Lipinski definition) is 1. The number of ether oxygens (including phenoxy) is 1. The van der Waals surface area contributed by atoms with E-state index in [0.717, 1.165) is 32.5 Å². The summed E-state index contributed by atoms with van der Waals surface area (Å²) in [5.41, 5.74) is 7.34. The number of thiazole rings is 1. The Bertz CT molecular complexity index is 432. The molecule has 5 heteroatoms. The van der Waals surface area contributed by atoms with Gasteiger partial charge in [-0.3, -0.25) is 0 Å². The van der Waals surface area contributed by atoms with E-state index in [0.29, 0.717) is 5.92 Å². The van der Waals surface area contributed by atoms with Gasteiger partial charge in [-0.2, -0.15) is 0 Å². The molecule has 1 fully saturated rings. The highest BCUT2D eigenvalue weighted by Gasteiger charge is 2.26. The van der Waals surface area contributed by atoms with E-state index in [4.69, 9.17) is 15.5 Å². The number of hydrogen-bond acceptors (Lipinski definition) is 5. The Balaban J connectivity index is 1.75. The lowest BCUT2D eigenvalue weighted by Crippen LogP contribution is -2.37. The highest BCUT2D eigenvalue weighted by molar-refractivity contribution is 7.15. The molecule has 106 valence electrons. The quantitative estimate of drug-likeness (QED) is 0.924. The second kappa shape index (κ2) is 5.77. The first-order chi connectivity index (χ1) is 9.28. The molecule has 1 aliphatic carbocycles. The largest absolute Gasteiger partial charge is 0.384 e. The van der Waals surface area contributed by atoms with Crippen LogP contribution in [0.25, 0.3) is 0 Å². The molecule has 2 unspecified atom stereocenters. The molecular weight excluding hydrogens is 258 g/mol. The zero-order valence-corrected chi connectivity index (χ0v) is 12.4. The van der Waals surface area contributed by atoms with E-state index in [2.05, 4.69) is 4.90 Å². The highest BCUT2D eigenvalue weighted by atomic mass is 32.1. The third kappa shape index (κ3) is 2.78. The molecule has 0 amide bonds. The zero-order valence-electron chi connectivity index (χ0n) is 11.6. The third-order valence-corrected chi connectivity index (χ3v) is 5.37. The minimum absolute atomic E-state index is 0.160. The molecule has 2 atom stereocenters. The lowest BCUT2D eigenvalue weighted by Gasteiger charge is -2.32. The average Bonchev–Trinajstić information content (AvgIpc) is 2.85. The van der Waals surface area contributed by atoms with Crippen molar-refractivity contribution < 1.29 is 4.74 Å². The molecule has 19 heavy (non-hydrogen) atoms. The van der Waals surface area contributed by atoms with Crippen molar-refractivity contribution in [2.75, 3.05) is 31.7 Å². The molecule has 4 nitrogen and oxygen atoms in total. The Morgan fingerprint density at radius 1 is 1.42 bits per heavy atom. The fourth-order valence-electron chi connectivity index (χ4n) is 3.18. The summed E-state index contributed by atoms with van der Waals surface area (Å²) in [7, 11) is 1.79. The Kier molecular flexibility index (Phi) is 4.05. The summed E-state index contributed by atoms with van der Waals surface area (Å²) in [4.78, 5) is 8.68. The number of anilines is 1. The van der Waals surface area contributed by atoms with Gasteiger partial charge in [-0.1, -0.05) is 0 Å². The maximum absolute atomic E-state index is 6.17. The predicted molar refractivity (Wildman–Crippen MR) is 78.8 cm³/mol. The lowest BCUT2D eigenvalue weighted by molar-refractivity contribution is 0.143. The molecule has 0 radical (unpaired) electrons. The van der Waals surface area contributed by atoms with Gasteiger partial charge < -0.3 is 15.4 Å². The normalized spacial score (nSPS) is 27.4. The molecule has 1 aliphatic heterocycles. The molecule has 2 heterocycles. The Morgan fingerprint density at radius 3 is 3.11 bits per heavy atom. The van der Waals surface area contributed by atoms with E-state index in [-0.39, 0.29) is 6.04 Å². The zero-order chi connectivity index (χ0) is 13.2. The maximum Gasteiger partial charge on any atom is 0.185 e. The van der Waals surface area contributed by atoms with Crippen molar-refractivity contribution in [1.82, 2.24) is 4.98 Å². The number of aryl methyl sites for hydroxylation is 1. The smallest absolute Gasteiger partial charge is 0.185 e. The number of nitrogens with zero attached hydrogens (tertiary/aromatic N) is 2. The van der Waals surface area contributed by atoms with Crippen LogP contribution in [-0.2, 0) is 11.2 Å². The van der Waals surface area contributed by atoms with Crippen molar-refractivity contribution in [1.29, 1.82) is 0 Å². The van der Waals surface area contributed by atoms with Crippen LogP contribution >= 0.6 is 11.3 Å². The second-order valence-corrected chi connectivity index (χ2v) is 6.78. The molecule has 1 aromatic rings. The summed E-state index contributed by atoms with van der Waals surface area (Å²) in [5, 5.41) is 1.18. The van der Waals surface area contributed by atoms with E-state index >= 15 is 0 Å². The van der Waals surface area contributed by atoms with Gasteiger partial charge in [0.25, 0.3) is 0 Å². The number of aromatic nitrogens is 1. The van der Waals surface area contributed by atoms with Crippen LogP contribution in [0.5, 0.6) is 0 Å². The monoisotopic (exact) mass is 281 g/mol. The Hall–Kier alpha value is -0.650. The van der Waals surface area contributed by atoms with E-state index in [1.807, 2.05) is 11.3 Å². The van der Waals surface area contributed by atoms with Gasteiger partial charge in [-0.05, 0) is 38.0 Å². The molecule has 1 saturated heterocycles. The minimum Gasteiger partial charge on any atom is -0.384 e. The maximum atomic E-state index is 6.17. The van der Waals surface area contributed by atoms with E-state index in [9.17, 15) is 0 Å². The van der Waals surface area contributed by atoms with Gasteiger partial charge in [0.15, 0.2) is 5.13 Å². The fourth-order valence-corrected chi connectivity index (χ4v) is 4.39. The minimum atomic E-state index is 0.160. The van der Waals surface area contributed by atoms with Crippen LogP contribution in [0.2, 0.25) is 0 Å². The highest BCUT2D eigenvalue weighted by Crippen LogP contribution is 2.36. The van der Waals surface area contributed by atoms with Crippen LogP contribution in [0, 0.1) is 5.92 Å².